The number of rotatable bonds is 10. The van der Waals surface area contributed by atoms with E-state index in [1.54, 1.807) is 11.1 Å². The molecule has 0 radical (unpaired) electrons. The Morgan fingerprint density at radius 1 is 0.947 bits per heavy atom. The molecule has 2 aliphatic carbocycles. The topological polar surface area (TPSA) is 0 Å². The van der Waals surface area contributed by atoms with E-state index in [9.17, 15) is 0 Å². The summed E-state index contributed by atoms with van der Waals surface area (Å²) in [6, 6.07) is 0. The first kappa shape index (κ1) is 14.9. The second-order valence-corrected chi connectivity index (χ2v) is 6.61. The van der Waals surface area contributed by atoms with Crippen LogP contribution in [0.3, 0.4) is 0 Å². The van der Waals surface area contributed by atoms with E-state index in [0.29, 0.717) is 0 Å². The van der Waals surface area contributed by atoms with Crippen LogP contribution in [-0.2, 0) is 0 Å². The van der Waals surface area contributed by atoms with Gasteiger partial charge < -0.3 is 0 Å². The Kier molecular flexibility index (Phi) is 6.74. The summed E-state index contributed by atoms with van der Waals surface area (Å²) in [4.78, 5) is 0. The zero-order valence-corrected chi connectivity index (χ0v) is 12.9. The maximum atomic E-state index is 2.45. The van der Waals surface area contributed by atoms with Gasteiger partial charge in [0.25, 0.3) is 0 Å². The van der Waals surface area contributed by atoms with Gasteiger partial charge in [0.2, 0.25) is 0 Å². The van der Waals surface area contributed by atoms with Crippen LogP contribution in [0.25, 0.3) is 0 Å². The van der Waals surface area contributed by atoms with E-state index in [4.69, 9.17) is 0 Å². The first-order valence-corrected chi connectivity index (χ1v) is 8.77. The molecule has 0 amide bonds. The molecule has 1 saturated carbocycles. The molecule has 0 heteroatoms. The molecule has 0 saturated heterocycles. The molecule has 2 rings (SSSR count). The van der Waals surface area contributed by atoms with Gasteiger partial charge in [-0.2, -0.15) is 0 Å². The molecule has 0 heterocycles. The highest BCUT2D eigenvalue weighted by atomic mass is 14.3. The molecule has 0 nitrogen and oxygen atoms in total. The second-order valence-electron chi connectivity index (χ2n) is 6.61. The van der Waals surface area contributed by atoms with E-state index in [1.165, 1.54) is 83.5 Å². The summed E-state index contributed by atoms with van der Waals surface area (Å²) < 4.78 is 0. The fourth-order valence-electron chi connectivity index (χ4n) is 3.66. The van der Waals surface area contributed by atoms with E-state index in [0.717, 1.165) is 5.92 Å². The molecule has 19 heavy (non-hydrogen) atoms. The summed E-state index contributed by atoms with van der Waals surface area (Å²) in [5, 5.41) is 0. The molecule has 2 bridgehead atoms. The summed E-state index contributed by atoms with van der Waals surface area (Å²) in [7, 11) is 0. The third-order valence-electron chi connectivity index (χ3n) is 4.90. The van der Waals surface area contributed by atoms with Crippen molar-refractivity contribution in [3.8, 4) is 0 Å². The summed E-state index contributed by atoms with van der Waals surface area (Å²) in [6.45, 7) is 2.29. The van der Waals surface area contributed by atoms with Crippen molar-refractivity contribution in [1.29, 1.82) is 0 Å². The van der Waals surface area contributed by atoms with Gasteiger partial charge in [-0.1, -0.05) is 69.6 Å². The summed E-state index contributed by atoms with van der Waals surface area (Å²) in [6.07, 6.45) is 23.4. The average Bonchev–Trinajstić information content (AvgIpc) is 3.03. The number of fused-ring (bicyclic) bond motifs is 2. The average molecular weight is 260 g/mol. The maximum absolute atomic E-state index is 2.45. The van der Waals surface area contributed by atoms with Crippen molar-refractivity contribution in [3.63, 3.8) is 0 Å². The quantitative estimate of drug-likeness (QED) is 0.389. The van der Waals surface area contributed by atoms with Crippen LogP contribution in [0, 0.1) is 5.92 Å². The third kappa shape index (κ3) is 5.16. The van der Waals surface area contributed by atoms with E-state index >= 15 is 0 Å². The zero-order chi connectivity index (χ0) is 13.3. The van der Waals surface area contributed by atoms with Crippen LogP contribution in [0.1, 0.15) is 90.4 Å². The molecule has 0 aromatic heterocycles. The number of allylic oxidation sites excluding steroid dienone is 4. The largest absolute Gasteiger partial charge is 0.0843 e. The van der Waals surface area contributed by atoms with E-state index in [-0.39, 0.29) is 0 Å². The molecule has 0 aromatic rings. The Morgan fingerprint density at radius 3 is 2.32 bits per heavy atom. The van der Waals surface area contributed by atoms with E-state index in [1.807, 2.05) is 0 Å². The molecule has 1 atom stereocenters. The van der Waals surface area contributed by atoms with Crippen LogP contribution in [-0.4, -0.2) is 0 Å². The van der Waals surface area contributed by atoms with Crippen molar-refractivity contribution < 1.29 is 0 Å². The van der Waals surface area contributed by atoms with Crippen LogP contribution in [0.15, 0.2) is 23.3 Å². The Balaban J connectivity index is 1.44. The standard InChI is InChI=1S/C19H32/c1-2-3-4-5-6-7-8-9-10-11-12-18-15-17-13-14-19(18)16-17/h11-12,17H,2-10,13-16H2,1H3/b12-11+. The summed E-state index contributed by atoms with van der Waals surface area (Å²) in [5.74, 6) is 1.03. The minimum atomic E-state index is 1.03. The van der Waals surface area contributed by atoms with Gasteiger partial charge in [0.1, 0.15) is 0 Å². The van der Waals surface area contributed by atoms with Crippen LogP contribution in [0.2, 0.25) is 0 Å². The van der Waals surface area contributed by atoms with Gasteiger partial charge in [0, 0.05) is 0 Å². The zero-order valence-electron chi connectivity index (χ0n) is 12.9. The lowest BCUT2D eigenvalue weighted by molar-refractivity contribution is 0.567. The molecular weight excluding hydrogens is 228 g/mol. The Morgan fingerprint density at radius 2 is 1.68 bits per heavy atom. The minimum Gasteiger partial charge on any atom is -0.0843 e. The lowest BCUT2D eigenvalue weighted by atomic mass is 9.98. The highest BCUT2D eigenvalue weighted by Gasteiger charge is 2.28. The van der Waals surface area contributed by atoms with Crippen molar-refractivity contribution in [3.05, 3.63) is 23.3 Å². The van der Waals surface area contributed by atoms with Crippen molar-refractivity contribution in [2.75, 3.05) is 0 Å². The van der Waals surface area contributed by atoms with Crippen molar-refractivity contribution in [1.82, 2.24) is 0 Å². The van der Waals surface area contributed by atoms with Crippen LogP contribution < -0.4 is 0 Å². The first-order chi connectivity index (χ1) is 9.40. The van der Waals surface area contributed by atoms with E-state index < -0.39 is 0 Å². The molecule has 0 spiro atoms. The smallest absolute Gasteiger partial charge is 0.0248 e. The second kappa shape index (κ2) is 8.61. The lowest BCUT2D eigenvalue weighted by Gasteiger charge is -2.07. The Hall–Kier alpha value is -0.520. The van der Waals surface area contributed by atoms with Crippen molar-refractivity contribution >= 4 is 0 Å². The fourth-order valence-corrected chi connectivity index (χ4v) is 3.66. The molecule has 108 valence electrons. The van der Waals surface area contributed by atoms with Crippen molar-refractivity contribution in [2.24, 2.45) is 5.92 Å². The monoisotopic (exact) mass is 260 g/mol. The lowest BCUT2D eigenvalue weighted by Crippen LogP contribution is -1.91. The van der Waals surface area contributed by atoms with Gasteiger partial charge >= 0.3 is 0 Å². The predicted molar refractivity (Wildman–Crippen MR) is 85.4 cm³/mol. The third-order valence-corrected chi connectivity index (χ3v) is 4.90. The minimum absolute atomic E-state index is 1.03. The van der Waals surface area contributed by atoms with E-state index in [2.05, 4.69) is 19.1 Å². The van der Waals surface area contributed by atoms with Gasteiger partial charge in [-0.15, -0.1) is 0 Å². The molecule has 2 aliphatic rings. The van der Waals surface area contributed by atoms with Crippen molar-refractivity contribution in [2.45, 2.75) is 90.4 Å². The Labute approximate surface area is 120 Å². The van der Waals surface area contributed by atoms with Gasteiger partial charge in [-0.25, -0.2) is 0 Å². The highest BCUT2D eigenvalue weighted by molar-refractivity contribution is 5.33. The molecule has 0 aliphatic heterocycles. The van der Waals surface area contributed by atoms with Gasteiger partial charge in [-0.3, -0.25) is 0 Å². The number of hydrogen-bond acceptors (Lipinski definition) is 0. The predicted octanol–water partition coefficient (Wildman–Crippen LogP) is 6.57. The molecule has 1 unspecified atom stereocenters. The molecule has 0 N–H and O–H groups in total. The van der Waals surface area contributed by atoms with Crippen LogP contribution in [0.5, 0.6) is 0 Å². The van der Waals surface area contributed by atoms with Crippen LogP contribution >= 0.6 is 0 Å². The fraction of sp³-hybridized carbons (Fsp3) is 0.789. The number of hydrogen-bond donors (Lipinski definition) is 0. The molecule has 1 fully saturated rings. The SMILES string of the molecule is CCCCCCCCCC/C=C/C1=C2CCC(C1)C2. The maximum Gasteiger partial charge on any atom is -0.0248 e. The molecule has 0 aromatic carbocycles. The first-order valence-electron chi connectivity index (χ1n) is 8.77. The normalized spacial score (nSPS) is 22.1. The summed E-state index contributed by atoms with van der Waals surface area (Å²) in [5.41, 5.74) is 3.49. The Bertz CT molecular complexity index is 308. The van der Waals surface area contributed by atoms with Gasteiger partial charge in [-0.05, 0) is 50.0 Å². The highest BCUT2D eigenvalue weighted by Crippen LogP contribution is 2.44. The molecular formula is C19H32. The van der Waals surface area contributed by atoms with Gasteiger partial charge in [0.15, 0.2) is 0 Å². The van der Waals surface area contributed by atoms with Gasteiger partial charge in [0.05, 0.1) is 0 Å². The van der Waals surface area contributed by atoms with Crippen LogP contribution in [0.4, 0.5) is 0 Å². The summed E-state index contributed by atoms with van der Waals surface area (Å²) >= 11 is 0. The number of unbranched alkanes of at least 4 members (excludes halogenated alkanes) is 8.